The molecule has 0 bridgehead atoms. The molecule has 1 fully saturated rings. The van der Waals surface area contributed by atoms with E-state index in [1.54, 1.807) is 7.11 Å². The van der Waals surface area contributed by atoms with E-state index in [0.29, 0.717) is 31.9 Å². The summed E-state index contributed by atoms with van der Waals surface area (Å²) in [7, 11) is 1.62. The molecule has 1 unspecified atom stereocenters. The second kappa shape index (κ2) is 8.37. The zero-order valence-corrected chi connectivity index (χ0v) is 13.7. The highest BCUT2D eigenvalue weighted by Gasteiger charge is 2.43. The van der Waals surface area contributed by atoms with Gasteiger partial charge < -0.3 is 14.7 Å². The summed E-state index contributed by atoms with van der Waals surface area (Å²) in [6, 6.07) is 0.165. The third-order valence-electron chi connectivity index (χ3n) is 4.64. The summed E-state index contributed by atoms with van der Waals surface area (Å²) < 4.78 is 5.11. The van der Waals surface area contributed by atoms with E-state index in [0.717, 1.165) is 12.8 Å². The molecular formula is C16H29NO4. The summed E-state index contributed by atoms with van der Waals surface area (Å²) in [4.78, 5) is 26.1. The number of rotatable bonds is 8. The number of carbonyl (C=O) groups excluding carboxylic acids is 1. The molecular weight excluding hydrogens is 270 g/mol. The molecule has 1 aliphatic carbocycles. The molecule has 0 heterocycles. The maximum Gasteiger partial charge on any atom is 0.307 e. The van der Waals surface area contributed by atoms with Crippen LogP contribution in [-0.4, -0.2) is 48.2 Å². The zero-order valence-electron chi connectivity index (χ0n) is 13.7. The van der Waals surface area contributed by atoms with Crippen molar-refractivity contribution in [3.05, 3.63) is 0 Å². The Kier molecular flexibility index (Phi) is 7.15. The lowest BCUT2D eigenvalue weighted by atomic mass is 9.93. The Hall–Kier alpha value is -1.10. The first-order chi connectivity index (χ1) is 9.96. The van der Waals surface area contributed by atoms with Crippen LogP contribution in [0.2, 0.25) is 0 Å². The molecule has 0 radical (unpaired) electrons. The molecule has 0 saturated heterocycles. The lowest BCUT2D eigenvalue weighted by molar-refractivity contribution is -0.150. The minimum Gasteiger partial charge on any atom is -0.481 e. The number of amides is 1. The fourth-order valence-corrected chi connectivity index (χ4v) is 3.44. The Labute approximate surface area is 127 Å². The van der Waals surface area contributed by atoms with Gasteiger partial charge in [-0.1, -0.05) is 20.8 Å². The van der Waals surface area contributed by atoms with Crippen LogP contribution in [0.5, 0.6) is 0 Å². The summed E-state index contributed by atoms with van der Waals surface area (Å²) in [5.74, 6) is -1.46. The predicted octanol–water partition coefficient (Wildman–Crippen LogP) is 2.40. The second-order valence-electron chi connectivity index (χ2n) is 6.12. The normalized spacial score (nSPS) is 25.3. The molecule has 1 saturated carbocycles. The monoisotopic (exact) mass is 299 g/mol. The summed E-state index contributed by atoms with van der Waals surface area (Å²) in [5, 5.41) is 9.37. The summed E-state index contributed by atoms with van der Waals surface area (Å²) in [6.45, 7) is 7.18. The van der Waals surface area contributed by atoms with E-state index in [4.69, 9.17) is 4.74 Å². The van der Waals surface area contributed by atoms with Crippen LogP contribution in [0, 0.1) is 17.8 Å². The van der Waals surface area contributed by atoms with Crippen LogP contribution in [0.1, 0.15) is 46.5 Å². The summed E-state index contributed by atoms with van der Waals surface area (Å²) in [5.41, 5.74) is 0. The van der Waals surface area contributed by atoms with E-state index >= 15 is 0 Å². The largest absolute Gasteiger partial charge is 0.481 e. The van der Waals surface area contributed by atoms with Crippen LogP contribution in [0.25, 0.3) is 0 Å². The fourth-order valence-electron chi connectivity index (χ4n) is 3.44. The van der Waals surface area contributed by atoms with Crippen molar-refractivity contribution >= 4 is 11.9 Å². The van der Waals surface area contributed by atoms with E-state index in [-0.39, 0.29) is 17.9 Å². The molecule has 1 rings (SSSR count). The van der Waals surface area contributed by atoms with Crippen molar-refractivity contribution in [3.8, 4) is 0 Å². The van der Waals surface area contributed by atoms with Gasteiger partial charge in [-0.15, -0.1) is 0 Å². The molecule has 122 valence electrons. The Balaban J connectivity index is 2.89. The number of ether oxygens (including phenoxy) is 1. The van der Waals surface area contributed by atoms with Gasteiger partial charge in [0.1, 0.15) is 0 Å². The standard InChI is InChI=1S/C16H29NO4/c1-5-12(6-2)17(7-8-21-4)15(18)13-9-11(3)10-14(13)16(19)20/h11-14H,5-10H2,1-4H3,(H,19,20)/t11?,13-,14+/m0/s1. The van der Waals surface area contributed by atoms with Crippen molar-refractivity contribution in [2.45, 2.75) is 52.5 Å². The minimum atomic E-state index is -0.839. The lowest BCUT2D eigenvalue weighted by Gasteiger charge is -2.33. The van der Waals surface area contributed by atoms with Crippen LogP contribution in [0.15, 0.2) is 0 Å². The van der Waals surface area contributed by atoms with Gasteiger partial charge in [0, 0.05) is 19.7 Å². The maximum atomic E-state index is 12.9. The molecule has 0 spiro atoms. The molecule has 0 aromatic carbocycles. The Morgan fingerprint density at radius 3 is 2.29 bits per heavy atom. The van der Waals surface area contributed by atoms with Gasteiger partial charge in [-0.25, -0.2) is 0 Å². The van der Waals surface area contributed by atoms with E-state index in [2.05, 4.69) is 13.8 Å². The van der Waals surface area contributed by atoms with Gasteiger partial charge >= 0.3 is 5.97 Å². The highest BCUT2D eigenvalue weighted by Crippen LogP contribution is 2.38. The molecule has 5 nitrogen and oxygen atoms in total. The van der Waals surface area contributed by atoms with Crippen molar-refractivity contribution in [1.29, 1.82) is 0 Å². The molecule has 0 aromatic heterocycles. The van der Waals surface area contributed by atoms with Gasteiger partial charge in [0.05, 0.1) is 18.4 Å². The van der Waals surface area contributed by atoms with Gasteiger partial charge in [0.15, 0.2) is 0 Å². The number of methoxy groups -OCH3 is 1. The van der Waals surface area contributed by atoms with Gasteiger partial charge in [-0.3, -0.25) is 9.59 Å². The Morgan fingerprint density at radius 1 is 1.24 bits per heavy atom. The average Bonchev–Trinajstić information content (AvgIpc) is 2.85. The number of carbonyl (C=O) groups is 2. The van der Waals surface area contributed by atoms with Crippen molar-refractivity contribution in [1.82, 2.24) is 4.90 Å². The molecule has 5 heteroatoms. The summed E-state index contributed by atoms with van der Waals surface area (Å²) in [6.07, 6.45) is 3.05. The fraction of sp³-hybridized carbons (Fsp3) is 0.875. The zero-order chi connectivity index (χ0) is 16.0. The van der Waals surface area contributed by atoms with Crippen LogP contribution in [0.4, 0.5) is 0 Å². The van der Waals surface area contributed by atoms with Gasteiger partial charge in [-0.2, -0.15) is 0 Å². The lowest BCUT2D eigenvalue weighted by Crippen LogP contribution is -2.46. The average molecular weight is 299 g/mol. The highest BCUT2D eigenvalue weighted by atomic mass is 16.5. The molecule has 0 aromatic rings. The van der Waals surface area contributed by atoms with Gasteiger partial charge in [0.2, 0.25) is 5.91 Å². The number of hydrogen-bond donors (Lipinski definition) is 1. The van der Waals surface area contributed by atoms with Crippen LogP contribution >= 0.6 is 0 Å². The number of nitrogens with zero attached hydrogens (tertiary/aromatic N) is 1. The van der Waals surface area contributed by atoms with Crippen molar-refractivity contribution in [3.63, 3.8) is 0 Å². The van der Waals surface area contributed by atoms with Gasteiger partial charge in [-0.05, 0) is 31.6 Å². The van der Waals surface area contributed by atoms with Crippen molar-refractivity contribution in [2.75, 3.05) is 20.3 Å². The van der Waals surface area contributed by atoms with Crippen LogP contribution < -0.4 is 0 Å². The molecule has 1 aliphatic rings. The SMILES string of the molecule is CCC(CC)N(CCOC)C(=O)[C@H]1CC(C)C[C@H]1C(=O)O. The molecule has 3 atom stereocenters. The third kappa shape index (κ3) is 4.43. The van der Waals surface area contributed by atoms with E-state index in [1.807, 2.05) is 11.8 Å². The smallest absolute Gasteiger partial charge is 0.307 e. The highest BCUT2D eigenvalue weighted by molar-refractivity contribution is 5.85. The Morgan fingerprint density at radius 2 is 1.81 bits per heavy atom. The van der Waals surface area contributed by atoms with E-state index in [1.165, 1.54) is 0 Å². The first kappa shape index (κ1) is 18.0. The van der Waals surface area contributed by atoms with Gasteiger partial charge in [0.25, 0.3) is 0 Å². The van der Waals surface area contributed by atoms with E-state index in [9.17, 15) is 14.7 Å². The van der Waals surface area contributed by atoms with Crippen molar-refractivity contribution in [2.24, 2.45) is 17.8 Å². The molecule has 0 aliphatic heterocycles. The Bertz CT molecular complexity index is 354. The summed E-state index contributed by atoms with van der Waals surface area (Å²) >= 11 is 0. The van der Waals surface area contributed by atoms with E-state index < -0.39 is 11.9 Å². The number of carboxylic acid groups (broad SMARTS) is 1. The predicted molar refractivity (Wildman–Crippen MR) is 81.0 cm³/mol. The second-order valence-corrected chi connectivity index (χ2v) is 6.12. The third-order valence-corrected chi connectivity index (χ3v) is 4.64. The molecule has 1 N–H and O–H groups in total. The topological polar surface area (TPSA) is 66.8 Å². The number of carboxylic acids is 1. The van der Waals surface area contributed by atoms with Crippen molar-refractivity contribution < 1.29 is 19.4 Å². The first-order valence-corrected chi connectivity index (χ1v) is 7.98. The number of hydrogen-bond acceptors (Lipinski definition) is 3. The van der Waals surface area contributed by atoms with Crippen LogP contribution in [-0.2, 0) is 14.3 Å². The first-order valence-electron chi connectivity index (χ1n) is 7.98. The molecule has 1 amide bonds. The van der Waals surface area contributed by atoms with Crippen LogP contribution in [0.3, 0.4) is 0 Å². The quantitative estimate of drug-likeness (QED) is 0.747. The number of aliphatic carboxylic acids is 1. The minimum absolute atomic E-state index is 0.00231. The maximum absolute atomic E-state index is 12.9. The molecule has 21 heavy (non-hydrogen) atoms.